The number of amides is 2. The number of carbonyl (C=O) groups is 2. The Morgan fingerprint density at radius 3 is 2.24 bits per heavy atom. The highest BCUT2D eigenvalue weighted by Crippen LogP contribution is 2.33. The molecule has 2 aliphatic heterocycles. The fraction of sp³-hybridized carbons (Fsp3) is 0.500. The standard InChI is InChI=1S/C28H35N3O3/c1-29(27(32)23-9-7-22(8-10-23)21-5-3-2-4-6-21)24-11-13-25(14-12-24)31-16-15-26(28(31)33)30-17-19-34-20-18-30/h7-14,21,26H,2-6,15-20H2,1H3. The second-order valence-electron chi connectivity index (χ2n) is 9.78. The van der Waals surface area contributed by atoms with E-state index in [1.807, 2.05) is 48.3 Å². The summed E-state index contributed by atoms with van der Waals surface area (Å²) in [6, 6.07) is 15.9. The molecule has 0 N–H and O–H groups in total. The van der Waals surface area contributed by atoms with E-state index in [4.69, 9.17) is 4.74 Å². The Morgan fingerprint density at radius 1 is 0.882 bits per heavy atom. The maximum Gasteiger partial charge on any atom is 0.258 e. The van der Waals surface area contributed by atoms with Crippen molar-refractivity contribution < 1.29 is 14.3 Å². The van der Waals surface area contributed by atoms with Crippen LogP contribution < -0.4 is 9.80 Å². The highest BCUT2D eigenvalue weighted by molar-refractivity contribution is 6.06. The van der Waals surface area contributed by atoms with E-state index in [1.165, 1.54) is 37.7 Å². The minimum Gasteiger partial charge on any atom is -0.379 e. The lowest BCUT2D eigenvalue weighted by molar-refractivity contribution is -0.123. The SMILES string of the molecule is CN(C(=O)c1ccc(C2CCCCC2)cc1)c1ccc(N2CCC(N3CCOCC3)C2=O)cc1. The van der Waals surface area contributed by atoms with E-state index in [-0.39, 0.29) is 17.9 Å². The van der Waals surface area contributed by atoms with Crippen molar-refractivity contribution in [1.29, 1.82) is 0 Å². The summed E-state index contributed by atoms with van der Waals surface area (Å²) in [7, 11) is 1.81. The second-order valence-corrected chi connectivity index (χ2v) is 9.78. The summed E-state index contributed by atoms with van der Waals surface area (Å²) in [5.41, 5.74) is 3.77. The molecule has 0 bridgehead atoms. The van der Waals surface area contributed by atoms with Gasteiger partial charge in [0, 0.05) is 43.6 Å². The average Bonchev–Trinajstić information content (AvgIpc) is 3.30. The first kappa shape index (κ1) is 23.1. The maximum absolute atomic E-state index is 13.1. The van der Waals surface area contributed by atoms with E-state index in [0.717, 1.165) is 37.4 Å². The minimum atomic E-state index is -0.0515. The van der Waals surface area contributed by atoms with Crippen molar-refractivity contribution in [2.45, 2.75) is 50.5 Å². The number of hydrogen-bond acceptors (Lipinski definition) is 4. The van der Waals surface area contributed by atoms with Crippen molar-refractivity contribution >= 4 is 23.2 Å². The average molecular weight is 462 g/mol. The van der Waals surface area contributed by atoms with Gasteiger partial charge in [-0.25, -0.2) is 0 Å². The van der Waals surface area contributed by atoms with Gasteiger partial charge in [-0.05, 0) is 67.1 Å². The smallest absolute Gasteiger partial charge is 0.258 e. The van der Waals surface area contributed by atoms with Crippen LogP contribution in [0.2, 0.25) is 0 Å². The molecule has 0 radical (unpaired) electrons. The van der Waals surface area contributed by atoms with E-state index in [1.54, 1.807) is 4.90 Å². The summed E-state index contributed by atoms with van der Waals surface area (Å²) < 4.78 is 5.43. The Bertz CT molecular complexity index is 993. The molecule has 1 saturated carbocycles. The van der Waals surface area contributed by atoms with E-state index >= 15 is 0 Å². The normalized spacial score (nSPS) is 22.2. The van der Waals surface area contributed by atoms with E-state index in [2.05, 4.69) is 17.0 Å². The molecule has 180 valence electrons. The van der Waals surface area contributed by atoms with E-state index in [0.29, 0.717) is 24.7 Å². The number of hydrogen-bond donors (Lipinski definition) is 0. The van der Waals surface area contributed by atoms with Crippen LogP contribution in [0, 0.1) is 0 Å². The predicted octanol–water partition coefficient (Wildman–Crippen LogP) is 4.45. The molecule has 1 unspecified atom stereocenters. The highest BCUT2D eigenvalue weighted by Gasteiger charge is 2.37. The molecule has 2 aromatic rings. The summed E-state index contributed by atoms with van der Waals surface area (Å²) in [6.07, 6.45) is 7.31. The molecule has 1 atom stereocenters. The van der Waals surface area contributed by atoms with Crippen molar-refractivity contribution in [2.75, 3.05) is 49.7 Å². The third-order valence-corrected chi connectivity index (χ3v) is 7.75. The number of nitrogens with zero attached hydrogens (tertiary/aromatic N) is 3. The number of benzene rings is 2. The fourth-order valence-corrected chi connectivity index (χ4v) is 5.65. The van der Waals surface area contributed by atoms with Gasteiger partial charge in [0.1, 0.15) is 0 Å². The molecule has 1 aliphatic carbocycles. The topological polar surface area (TPSA) is 53.1 Å². The lowest BCUT2D eigenvalue weighted by Gasteiger charge is -2.31. The summed E-state index contributed by atoms with van der Waals surface area (Å²) in [5.74, 6) is 0.782. The number of rotatable bonds is 5. The van der Waals surface area contributed by atoms with Gasteiger partial charge in [-0.2, -0.15) is 0 Å². The molecule has 2 heterocycles. The quantitative estimate of drug-likeness (QED) is 0.660. The van der Waals surface area contributed by atoms with Crippen LogP contribution in [-0.4, -0.2) is 62.7 Å². The van der Waals surface area contributed by atoms with E-state index in [9.17, 15) is 9.59 Å². The molecule has 5 rings (SSSR count). The Labute approximate surface area is 202 Å². The summed E-state index contributed by atoms with van der Waals surface area (Å²) in [6.45, 7) is 3.75. The van der Waals surface area contributed by atoms with Gasteiger partial charge < -0.3 is 14.5 Å². The zero-order valence-corrected chi connectivity index (χ0v) is 20.1. The second kappa shape index (κ2) is 10.3. The van der Waals surface area contributed by atoms with Crippen LogP contribution in [0.15, 0.2) is 48.5 Å². The number of morpholine rings is 1. The van der Waals surface area contributed by atoms with Crippen LogP contribution in [0.5, 0.6) is 0 Å². The van der Waals surface area contributed by atoms with Gasteiger partial charge in [0.15, 0.2) is 0 Å². The fourth-order valence-electron chi connectivity index (χ4n) is 5.65. The Kier molecular flexibility index (Phi) is 6.97. The molecule has 0 spiro atoms. The Balaban J connectivity index is 1.22. The van der Waals surface area contributed by atoms with Crippen LogP contribution in [0.25, 0.3) is 0 Å². The summed E-state index contributed by atoms with van der Waals surface area (Å²) in [5, 5.41) is 0. The monoisotopic (exact) mass is 461 g/mol. The largest absolute Gasteiger partial charge is 0.379 e. The first-order valence-electron chi connectivity index (χ1n) is 12.7. The van der Waals surface area contributed by atoms with E-state index < -0.39 is 0 Å². The van der Waals surface area contributed by atoms with Crippen molar-refractivity contribution in [3.8, 4) is 0 Å². The lowest BCUT2D eigenvalue weighted by Crippen LogP contribution is -2.47. The molecule has 0 aromatic heterocycles. The lowest BCUT2D eigenvalue weighted by atomic mass is 9.84. The number of anilines is 2. The van der Waals surface area contributed by atoms with Crippen molar-refractivity contribution in [3.05, 3.63) is 59.7 Å². The van der Waals surface area contributed by atoms with Crippen LogP contribution in [0.1, 0.15) is 60.4 Å². The van der Waals surface area contributed by atoms with Crippen LogP contribution in [-0.2, 0) is 9.53 Å². The molecule has 6 nitrogen and oxygen atoms in total. The molecular formula is C28H35N3O3. The maximum atomic E-state index is 13.1. The third kappa shape index (κ3) is 4.75. The van der Waals surface area contributed by atoms with Gasteiger partial charge in [0.05, 0.1) is 19.3 Å². The van der Waals surface area contributed by atoms with Crippen LogP contribution in [0.3, 0.4) is 0 Å². The molecule has 2 saturated heterocycles. The van der Waals surface area contributed by atoms with Gasteiger partial charge >= 0.3 is 0 Å². The van der Waals surface area contributed by atoms with Gasteiger partial charge in [0.25, 0.3) is 5.91 Å². The van der Waals surface area contributed by atoms with Crippen molar-refractivity contribution in [2.24, 2.45) is 0 Å². The first-order chi connectivity index (χ1) is 16.6. The zero-order chi connectivity index (χ0) is 23.5. The zero-order valence-electron chi connectivity index (χ0n) is 20.1. The first-order valence-corrected chi connectivity index (χ1v) is 12.7. The van der Waals surface area contributed by atoms with Crippen LogP contribution >= 0.6 is 0 Å². The van der Waals surface area contributed by atoms with Gasteiger partial charge in [0.2, 0.25) is 5.91 Å². The van der Waals surface area contributed by atoms with Crippen molar-refractivity contribution in [1.82, 2.24) is 4.90 Å². The number of ether oxygens (including phenoxy) is 1. The molecule has 2 amide bonds. The summed E-state index contributed by atoms with van der Waals surface area (Å²) in [4.78, 5) is 31.9. The van der Waals surface area contributed by atoms with Gasteiger partial charge in [-0.15, -0.1) is 0 Å². The molecule has 2 aromatic carbocycles. The van der Waals surface area contributed by atoms with Gasteiger partial charge in [-0.1, -0.05) is 31.4 Å². The van der Waals surface area contributed by atoms with Gasteiger partial charge in [-0.3, -0.25) is 14.5 Å². The third-order valence-electron chi connectivity index (χ3n) is 7.75. The minimum absolute atomic E-state index is 0.0208. The Hall–Kier alpha value is -2.70. The molecular weight excluding hydrogens is 426 g/mol. The Morgan fingerprint density at radius 2 is 1.56 bits per heavy atom. The molecule has 3 fully saturated rings. The highest BCUT2D eigenvalue weighted by atomic mass is 16.5. The molecule has 6 heteroatoms. The summed E-state index contributed by atoms with van der Waals surface area (Å²) >= 11 is 0. The van der Waals surface area contributed by atoms with Crippen molar-refractivity contribution in [3.63, 3.8) is 0 Å². The molecule has 34 heavy (non-hydrogen) atoms. The predicted molar refractivity (Wildman–Crippen MR) is 135 cm³/mol. The van der Waals surface area contributed by atoms with Crippen LogP contribution in [0.4, 0.5) is 11.4 Å². The number of carbonyl (C=O) groups excluding carboxylic acids is 2. The molecule has 3 aliphatic rings.